The van der Waals surface area contributed by atoms with Crippen molar-refractivity contribution in [2.45, 2.75) is 91.4 Å². The van der Waals surface area contributed by atoms with E-state index in [0.29, 0.717) is 41.3 Å². The van der Waals surface area contributed by atoms with Crippen LogP contribution in [0.15, 0.2) is 0 Å². The molecule has 0 radical (unpaired) electrons. The van der Waals surface area contributed by atoms with Crippen LogP contribution >= 0.6 is 0 Å². The van der Waals surface area contributed by atoms with E-state index in [2.05, 4.69) is 20.8 Å². The number of hydrogen-bond donors (Lipinski definition) is 0. The molecular weight excluding hydrogens is 348 g/mol. The maximum atomic E-state index is 13.7. The van der Waals surface area contributed by atoms with E-state index in [1.165, 1.54) is 58.5 Å². The molecule has 0 heterocycles. The summed E-state index contributed by atoms with van der Waals surface area (Å²) < 4.78 is 4.84. The Hall–Kier alpha value is -0.860. The van der Waals surface area contributed by atoms with Crippen molar-refractivity contribution in [3.63, 3.8) is 0 Å². The molecule has 3 heteroatoms. The normalized spacial score (nSPS) is 46.3. The Morgan fingerprint density at radius 1 is 1.11 bits per heavy atom. The summed E-state index contributed by atoms with van der Waals surface area (Å²) in [6, 6.07) is 0. The molecule has 0 bridgehead atoms. The first-order valence-corrected chi connectivity index (χ1v) is 11.9. The summed E-state index contributed by atoms with van der Waals surface area (Å²) >= 11 is 0. The second-order valence-electron chi connectivity index (χ2n) is 11.1. The first kappa shape index (κ1) is 20.4. The molecule has 0 amide bonds. The van der Waals surface area contributed by atoms with Crippen LogP contribution in [0.2, 0.25) is 0 Å². The third-order valence-corrected chi connectivity index (χ3v) is 10.2. The standard InChI is InChI=1S/C25H40O3/c1-16(8-13-23(27)28-4)19-11-12-20-18-10-9-17-7-5-6-14-24(17,2)21(18)15-22(26)25(19,20)3/h16-21H,5-15H2,1-4H3/t16-,17?,18+,19-,20+,21+,24+,25-/m1/s1. The lowest BCUT2D eigenvalue weighted by Crippen LogP contribution is -2.56. The topological polar surface area (TPSA) is 43.4 Å². The molecule has 158 valence electrons. The lowest BCUT2D eigenvalue weighted by atomic mass is 9.44. The molecule has 3 nitrogen and oxygen atoms in total. The van der Waals surface area contributed by atoms with Crippen molar-refractivity contribution in [2.75, 3.05) is 7.11 Å². The number of ether oxygens (including phenoxy) is 1. The van der Waals surface area contributed by atoms with Crippen LogP contribution in [0.25, 0.3) is 0 Å². The predicted octanol–water partition coefficient (Wildman–Crippen LogP) is 5.80. The van der Waals surface area contributed by atoms with Gasteiger partial charge in [0.2, 0.25) is 0 Å². The zero-order valence-corrected chi connectivity index (χ0v) is 18.5. The Labute approximate surface area is 171 Å². The highest BCUT2D eigenvalue weighted by atomic mass is 16.5. The van der Waals surface area contributed by atoms with Crippen molar-refractivity contribution in [3.8, 4) is 0 Å². The first-order valence-electron chi connectivity index (χ1n) is 11.9. The molecule has 0 aromatic carbocycles. The quantitative estimate of drug-likeness (QED) is 0.571. The molecule has 4 fully saturated rings. The van der Waals surface area contributed by atoms with Crippen LogP contribution in [0.5, 0.6) is 0 Å². The second-order valence-corrected chi connectivity index (χ2v) is 11.1. The minimum Gasteiger partial charge on any atom is -0.469 e. The maximum Gasteiger partial charge on any atom is 0.305 e. The van der Waals surface area contributed by atoms with Gasteiger partial charge in [-0.3, -0.25) is 9.59 Å². The molecule has 4 aliphatic carbocycles. The third kappa shape index (κ3) is 2.98. The molecule has 0 aromatic rings. The molecule has 4 rings (SSSR count). The second kappa shape index (κ2) is 7.43. The predicted molar refractivity (Wildman–Crippen MR) is 111 cm³/mol. The first-order chi connectivity index (χ1) is 13.3. The summed E-state index contributed by atoms with van der Waals surface area (Å²) in [6.07, 6.45) is 12.8. The van der Waals surface area contributed by atoms with E-state index in [1.54, 1.807) is 0 Å². The number of hydrogen-bond acceptors (Lipinski definition) is 3. The van der Waals surface area contributed by atoms with Crippen molar-refractivity contribution in [2.24, 2.45) is 46.3 Å². The number of carbonyl (C=O) groups excluding carboxylic acids is 2. The Morgan fingerprint density at radius 3 is 2.64 bits per heavy atom. The molecule has 4 saturated carbocycles. The minimum atomic E-state index is -0.158. The molecule has 28 heavy (non-hydrogen) atoms. The van der Waals surface area contributed by atoms with Gasteiger partial charge in [-0.25, -0.2) is 0 Å². The Morgan fingerprint density at radius 2 is 1.89 bits per heavy atom. The lowest BCUT2D eigenvalue weighted by molar-refractivity contribution is -0.157. The summed E-state index contributed by atoms with van der Waals surface area (Å²) in [5.41, 5.74) is 0.251. The molecule has 4 aliphatic rings. The Kier molecular flexibility index (Phi) is 5.42. The van der Waals surface area contributed by atoms with E-state index in [1.807, 2.05) is 0 Å². The highest BCUT2D eigenvalue weighted by molar-refractivity contribution is 5.87. The minimum absolute atomic E-state index is 0.120. The van der Waals surface area contributed by atoms with E-state index >= 15 is 0 Å². The SMILES string of the molecule is COC(=O)CC[C@@H](C)[C@H]1CC[C@H]2[C@@H]3CCC4CCCC[C@]4(C)[C@H]3CC(=O)[C@]12C. The van der Waals surface area contributed by atoms with Crippen LogP contribution in [-0.4, -0.2) is 18.9 Å². The van der Waals surface area contributed by atoms with Gasteiger partial charge in [0.05, 0.1) is 7.11 Å². The van der Waals surface area contributed by atoms with Crippen LogP contribution in [0.4, 0.5) is 0 Å². The van der Waals surface area contributed by atoms with Gasteiger partial charge in [-0.15, -0.1) is 0 Å². The van der Waals surface area contributed by atoms with Gasteiger partial charge in [0.25, 0.3) is 0 Å². The monoisotopic (exact) mass is 388 g/mol. The van der Waals surface area contributed by atoms with Crippen LogP contribution < -0.4 is 0 Å². The molecule has 0 spiro atoms. The number of ketones is 1. The van der Waals surface area contributed by atoms with Gasteiger partial charge >= 0.3 is 5.97 Å². The smallest absolute Gasteiger partial charge is 0.305 e. The molecule has 0 aliphatic heterocycles. The van der Waals surface area contributed by atoms with Gasteiger partial charge in [0.15, 0.2) is 0 Å². The molecular formula is C25H40O3. The van der Waals surface area contributed by atoms with E-state index < -0.39 is 0 Å². The van der Waals surface area contributed by atoms with Gasteiger partial charge in [-0.05, 0) is 85.9 Å². The fourth-order valence-corrected chi connectivity index (χ4v) is 8.59. The molecule has 8 atom stereocenters. The van der Waals surface area contributed by atoms with Gasteiger partial charge in [-0.2, -0.15) is 0 Å². The average molecular weight is 389 g/mol. The van der Waals surface area contributed by atoms with E-state index in [-0.39, 0.29) is 11.4 Å². The number of carbonyl (C=O) groups is 2. The van der Waals surface area contributed by atoms with Crippen molar-refractivity contribution in [1.29, 1.82) is 0 Å². The van der Waals surface area contributed by atoms with Crippen molar-refractivity contribution in [3.05, 3.63) is 0 Å². The summed E-state index contributed by atoms with van der Waals surface area (Å²) in [7, 11) is 1.47. The third-order valence-electron chi connectivity index (χ3n) is 10.2. The summed E-state index contributed by atoms with van der Waals surface area (Å²) in [6.45, 7) is 7.10. The van der Waals surface area contributed by atoms with Gasteiger partial charge in [0.1, 0.15) is 5.78 Å². The largest absolute Gasteiger partial charge is 0.469 e. The zero-order valence-electron chi connectivity index (χ0n) is 18.5. The Bertz CT molecular complexity index is 627. The number of rotatable bonds is 4. The van der Waals surface area contributed by atoms with Gasteiger partial charge in [-0.1, -0.05) is 33.6 Å². The van der Waals surface area contributed by atoms with Crippen molar-refractivity contribution < 1.29 is 14.3 Å². The Balaban J connectivity index is 1.55. The highest BCUT2D eigenvalue weighted by Gasteiger charge is 2.63. The van der Waals surface area contributed by atoms with E-state index in [9.17, 15) is 9.59 Å². The summed E-state index contributed by atoms with van der Waals surface area (Å²) in [4.78, 5) is 25.3. The van der Waals surface area contributed by atoms with Crippen LogP contribution in [0.1, 0.15) is 91.4 Å². The molecule has 1 unspecified atom stereocenters. The van der Waals surface area contributed by atoms with Crippen LogP contribution in [-0.2, 0) is 14.3 Å². The lowest BCUT2D eigenvalue weighted by Gasteiger charge is -2.60. The maximum absolute atomic E-state index is 13.7. The van der Waals surface area contributed by atoms with Crippen molar-refractivity contribution in [1.82, 2.24) is 0 Å². The zero-order chi connectivity index (χ0) is 20.1. The summed E-state index contributed by atoms with van der Waals surface area (Å²) in [5, 5.41) is 0. The van der Waals surface area contributed by atoms with Crippen LogP contribution in [0, 0.1) is 46.3 Å². The van der Waals surface area contributed by atoms with E-state index in [0.717, 1.165) is 24.7 Å². The fraction of sp³-hybridized carbons (Fsp3) is 0.920. The number of fused-ring (bicyclic) bond motifs is 5. The highest BCUT2D eigenvalue weighted by Crippen LogP contribution is 2.67. The summed E-state index contributed by atoms with van der Waals surface area (Å²) in [5.74, 6) is 4.09. The van der Waals surface area contributed by atoms with Crippen molar-refractivity contribution >= 4 is 11.8 Å². The van der Waals surface area contributed by atoms with E-state index in [4.69, 9.17) is 4.74 Å². The molecule has 0 aromatic heterocycles. The number of esters is 1. The molecule has 0 N–H and O–H groups in total. The number of methoxy groups -OCH3 is 1. The van der Waals surface area contributed by atoms with Gasteiger partial charge in [0, 0.05) is 18.3 Å². The molecule has 0 saturated heterocycles. The average Bonchev–Trinajstić information content (AvgIpc) is 3.05. The van der Waals surface area contributed by atoms with Gasteiger partial charge < -0.3 is 4.74 Å². The van der Waals surface area contributed by atoms with Crippen LogP contribution in [0.3, 0.4) is 0 Å². The fourth-order valence-electron chi connectivity index (χ4n) is 8.59. The number of Topliss-reactive ketones (excluding diaryl/α,β-unsaturated/α-hetero) is 1.